The van der Waals surface area contributed by atoms with Crippen molar-refractivity contribution in [2.75, 3.05) is 27.2 Å². The van der Waals surface area contributed by atoms with Gasteiger partial charge in [-0.05, 0) is 92.8 Å². The van der Waals surface area contributed by atoms with E-state index < -0.39 is 17.7 Å². The first kappa shape index (κ1) is 22.5. The van der Waals surface area contributed by atoms with Crippen LogP contribution in [-0.4, -0.2) is 53.8 Å². The van der Waals surface area contributed by atoms with E-state index in [1.165, 1.54) is 0 Å². The van der Waals surface area contributed by atoms with Crippen molar-refractivity contribution in [3.63, 3.8) is 0 Å². The predicted molar refractivity (Wildman–Crippen MR) is 127 cm³/mol. The Kier molecular flexibility index (Phi) is 6.98. The fraction of sp³-hybridized carbons (Fsp3) is 0.333. The zero-order valence-electron chi connectivity index (χ0n) is 17.8. The number of amides is 1. The van der Waals surface area contributed by atoms with E-state index in [2.05, 4.69) is 22.6 Å². The van der Waals surface area contributed by atoms with E-state index in [4.69, 9.17) is 0 Å². The van der Waals surface area contributed by atoms with Gasteiger partial charge in [0.2, 0.25) is 0 Å². The number of rotatable bonds is 6. The fourth-order valence-corrected chi connectivity index (χ4v) is 4.16. The van der Waals surface area contributed by atoms with Crippen LogP contribution in [0, 0.1) is 17.4 Å². The van der Waals surface area contributed by atoms with Crippen LogP contribution in [0.15, 0.2) is 48.0 Å². The SMILES string of the molecule is Cc1ccc(C)c(/C(O)=C2\C(=O)C(=O)N(CCCN(C)C)C2c2ccc(I)cc2)c1. The van der Waals surface area contributed by atoms with Crippen LogP contribution in [0.3, 0.4) is 0 Å². The van der Waals surface area contributed by atoms with Crippen molar-refractivity contribution >= 4 is 40.0 Å². The van der Waals surface area contributed by atoms with Crippen molar-refractivity contribution in [1.82, 2.24) is 9.80 Å². The van der Waals surface area contributed by atoms with Crippen molar-refractivity contribution in [3.05, 3.63) is 73.9 Å². The molecule has 0 bridgehead atoms. The Balaban J connectivity index is 2.13. The number of aryl methyl sites for hydroxylation is 2. The minimum Gasteiger partial charge on any atom is -0.507 e. The molecule has 1 heterocycles. The van der Waals surface area contributed by atoms with Crippen molar-refractivity contribution in [2.45, 2.75) is 26.3 Å². The highest BCUT2D eigenvalue weighted by atomic mass is 127. The van der Waals surface area contributed by atoms with Crippen molar-refractivity contribution in [3.8, 4) is 0 Å². The molecule has 0 radical (unpaired) electrons. The maximum absolute atomic E-state index is 13.1. The van der Waals surface area contributed by atoms with Crippen LogP contribution in [0.4, 0.5) is 0 Å². The number of hydrogen-bond donors (Lipinski definition) is 1. The van der Waals surface area contributed by atoms with E-state index in [0.717, 1.165) is 33.2 Å². The fourth-order valence-electron chi connectivity index (χ4n) is 3.80. The molecule has 1 saturated heterocycles. The number of benzene rings is 2. The van der Waals surface area contributed by atoms with Gasteiger partial charge in [0, 0.05) is 15.7 Å². The Hall–Kier alpha value is -2.19. The molecule has 3 rings (SSSR count). The van der Waals surface area contributed by atoms with Crippen LogP contribution in [0.5, 0.6) is 0 Å². The number of likely N-dealkylation sites (tertiary alicyclic amines) is 1. The summed E-state index contributed by atoms with van der Waals surface area (Å²) in [6.45, 7) is 5.08. The highest BCUT2D eigenvalue weighted by Crippen LogP contribution is 2.40. The summed E-state index contributed by atoms with van der Waals surface area (Å²) in [4.78, 5) is 29.6. The molecule has 5 nitrogen and oxygen atoms in total. The molecule has 1 unspecified atom stereocenters. The Labute approximate surface area is 191 Å². The van der Waals surface area contributed by atoms with Gasteiger partial charge in [-0.1, -0.05) is 29.8 Å². The Morgan fingerprint density at radius 3 is 2.40 bits per heavy atom. The number of aliphatic hydroxyl groups is 1. The van der Waals surface area contributed by atoms with Crippen LogP contribution in [0.25, 0.3) is 5.76 Å². The molecule has 1 atom stereocenters. The number of halogens is 1. The Bertz CT molecular complexity index is 996. The van der Waals surface area contributed by atoms with Crippen LogP contribution >= 0.6 is 22.6 Å². The lowest BCUT2D eigenvalue weighted by Gasteiger charge is -2.26. The summed E-state index contributed by atoms with van der Waals surface area (Å²) in [5.41, 5.74) is 3.43. The number of carbonyl (C=O) groups excluding carboxylic acids is 2. The lowest BCUT2D eigenvalue weighted by atomic mass is 9.93. The molecular weight excluding hydrogens is 491 g/mol. The minimum absolute atomic E-state index is 0.104. The van der Waals surface area contributed by atoms with Gasteiger partial charge in [0.25, 0.3) is 11.7 Å². The second-order valence-electron chi connectivity index (χ2n) is 8.02. The highest BCUT2D eigenvalue weighted by Gasteiger charge is 2.45. The molecular formula is C24H27IN2O3. The predicted octanol–water partition coefficient (Wildman–Crippen LogP) is 4.28. The third kappa shape index (κ3) is 4.59. The highest BCUT2D eigenvalue weighted by molar-refractivity contribution is 14.1. The molecule has 1 amide bonds. The molecule has 0 aliphatic carbocycles. The topological polar surface area (TPSA) is 60.9 Å². The first-order valence-corrected chi connectivity index (χ1v) is 11.0. The molecule has 158 valence electrons. The Morgan fingerprint density at radius 2 is 1.77 bits per heavy atom. The van der Waals surface area contributed by atoms with Crippen LogP contribution in [0.2, 0.25) is 0 Å². The lowest BCUT2D eigenvalue weighted by molar-refractivity contribution is -0.139. The molecule has 0 spiro atoms. The quantitative estimate of drug-likeness (QED) is 0.269. The minimum atomic E-state index is -0.623. The average Bonchev–Trinajstić information content (AvgIpc) is 2.94. The molecule has 1 aliphatic heterocycles. The van der Waals surface area contributed by atoms with E-state index in [9.17, 15) is 14.7 Å². The molecule has 2 aromatic carbocycles. The molecule has 2 aromatic rings. The molecule has 1 aliphatic rings. The lowest BCUT2D eigenvalue weighted by Crippen LogP contribution is -2.32. The van der Waals surface area contributed by atoms with Gasteiger partial charge >= 0.3 is 0 Å². The second kappa shape index (κ2) is 9.31. The summed E-state index contributed by atoms with van der Waals surface area (Å²) in [6.07, 6.45) is 0.740. The summed E-state index contributed by atoms with van der Waals surface area (Å²) < 4.78 is 1.07. The number of aliphatic hydroxyl groups excluding tert-OH is 1. The van der Waals surface area contributed by atoms with Gasteiger partial charge in [-0.15, -0.1) is 0 Å². The number of hydrogen-bond acceptors (Lipinski definition) is 4. The summed E-state index contributed by atoms with van der Waals surface area (Å²) in [7, 11) is 3.95. The summed E-state index contributed by atoms with van der Waals surface area (Å²) >= 11 is 2.22. The summed E-state index contributed by atoms with van der Waals surface area (Å²) in [5, 5.41) is 11.2. The maximum atomic E-state index is 13.1. The molecule has 30 heavy (non-hydrogen) atoms. The second-order valence-corrected chi connectivity index (χ2v) is 9.26. The zero-order valence-corrected chi connectivity index (χ0v) is 19.9. The zero-order chi connectivity index (χ0) is 22.0. The van der Waals surface area contributed by atoms with Gasteiger partial charge in [-0.25, -0.2) is 0 Å². The largest absolute Gasteiger partial charge is 0.507 e. The normalized spacial score (nSPS) is 18.5. The van der Waals surface area contributed by atoms with Crippen LogP contribution in [-0.2, 0) is 9.59 Å². The number of Topliss-reactive ketones (excluding diaryl/α,β-unsaturated/α-hetero) is 1. The van der Waals surface area contributed by atoms with Crippen LogP contribution in [0.1, 0.15) is 34.7 Å². The first-order chi connectivity index (χ1) is 14.2. The number of ketones is 1. The van der Waals surface area contributed by atoms with Crippen LogP contribution < -0.4 is 0 Å². The van der Waals surface area contributed by atoms with Gasteiger partial charge in [-0.2, -0.15) is 0 Å². The molecule has 6 heteroatoms. The van der Waals surface area contributed by atoms with E-state index in [0.29, 0.717) is 12.1 Å². The average molecular weight is 518 g/mol. The third-order valence-corrected chi connectivity index (χ3v) is 6.10. The molecule has 0 aromatic heterocycles. The molecule has 0 saturated carbocycles. The van der Waals surface area contributed by atoms with E-state index in [1.54, 1.807) is 4.90 Å². The van der Waals surface area contributed by atoms with Crippen molar-refractivity contribution in [1.29, 1.82) is 0 Å². The number of nitrogens with zero attached hydrogens (tertiary/aromatic N) is 2. The smallest absolute Gasteiger partial charge is 0.295 e. The van der Waals surface area contributed by atoms with Crippen molar-refractivity contribution in [2.24, 2.45) is 0 Å². The summed E-state index contributed by atoms with van der Waals surface area (Å²) in [5.74, 6) is -1.28. The number of carbonyl (C=O) groups is 2. The maximum Gasteiger partial charge on any atom is 0.295 e. The van der Waals surface area contributed by atoms with E-state index >= 15 is 0 Å². The van der Waals surface area contributed by atoms with Gasteiger partial charge in [0.15, 0.2) is 0 Å². The van der Waals surface area contributed by atoms with Gasteiger partial charge in [-0.3, -0.25) is 9.59 Å². The molecule has 1 N–H and O–H groups in total. The van der Waals surface area contributed by atoms with E-state index in [1.807, 2.05) is 75.3 Å². The van der Waals surface area contributed by atoms with Gasteiger partial charge in [0.05, 0.1) is 11.6 Å². The summed E-state index contributed by atoms with van der Waals surface area (Å²) in [6, 6.07) is 12.9. The monoisotopic (exact) mass is 518 g/mol. The Morgan fingerprint density at radius 1 is 1.10 bits per heavy atom. The third-order valence-electron chi connectivity index (χ3n) is 5.38. The standard InChI is InChI=1S/C24H27IN2O3/c1-15-6-7-16(2)19(14-15)22(28)20-21(17-8-10-18(25)11-9-17)27(24(30)23(20)29)13-5-12-26(3)4/h6-11,14,21,28H,5,12-13H2,1-4H3/b22-20+. The molecule has 1 fully saturated rings. The van der Waals surface area contributed by atoms with Crippen molar-refractivity contribution < 1.29 is 14.7 Å². The van der Waals surface area contributed by atoms with Gasteiger partial charge < -0.3 is 14.9 Å². The van der Waals surface area contributed by atoms with Gasteiger partial charge in [0.1, 0.15) is 5.76 Å². The van der Waals surface area contributed by atoms with E-state index in [-0.39, 0.29) is 11.3 Å². The first-order valence-electron chi connectivity index (χ1n) is 9.97.